The first-order chi connectivity index (χ1) is 6.66. The summed E-state index contributed by atoms with van der Waals surface area (Å²) in [5.74, 6) is 0. The fourth-order valence-corrected chi connectivity index (χ4v) is 0. The summed E-state index contributed by atoms with van der Waals surface area (Å²) in [6.07, 6.45) is 0. The van der Waals surface area contributed by atoms with Gasteiger partial charge in [0.2, 0.25) is 0 Å². The van der Waals surface area contributed by atoms with Crippen molar-refractivity contribution >= 4 is 0 Å². The average molecular weight is 411 g/mol. The SMILES string of the molecule is O.O=N[O-].O=N[O-].O=N[O-].O=N[O-].[K+].[K+].[N-]=O.[Ru]. The first kappa shape index (κ1) is 61.4. The normalized spacial score (nSPS) is 2.89. The Labute approximate surface area is 196 Å². The summed E-state index contributed by atoms with van der Waals surface area (Å²) in [6, 6.07) is 0. The number of nitrogens with zero attached hydrogens (tertiary/aromatic N) is 5. The molecule has 0 heterocycles. The van der Waals surface area contributed by atoms with E-state index in [0.717, 1.165) is 21.4 Å². The molecule has 2 N–H and O–H groups in total. The number of rotatable bonds is 0. The van der Waals surface area contributed by atoms with Gasteiger partial charge in [0.1, 0.15) is 0 Å². The van der Waals surface area contributed by atoms with E-state index in [4.69, 9.17) is 51.0 Å². The van der Waals surface area contributed by atoms with Crippen LogP contribution in [-0.2, 0) is 19.5 Å². The summed E-state index contributed by atoms with van der Waals surface area (Å²) in [5, 5.41) is 36.0. The van der Waals surface area contributed by atoms with Gasteiger partial charge >= 0.3 is 103 Å². The third-order valence-electron chi connectivity index (χ3n) is 0. The predicted molar refractivity (Wildman–Crippen MR) is 47.0 cm³/mol. The molecule has 0 aromatic carbocycles. The number of hydrogen-bond acceptors (Lipinski definition) is 13. The molecular weight excluding hydrogens is 409 g/mol. The summed E-state index contributed by atoms with van der Waals surface area (Å²) in [4.78, 5) is 39.2. The fourth-order valence-electron chi connectivity index (χ4n) is 0. The van der Waals surface area contributed by atoms with E-state index >= 15 is 0 Å². The van der Waals surface area contributed by atoms with Crippen LogP contribution >= 0.6 is 0 Å². The van der Waals surface area contributed by atoms with Crippen LogP contribution in [0.5, 0.6) is 0 Å². The summed E-state index contributed by atoms with van der Waals surface area (Å²) < 4.78 is 0. The van der Waals surface area contributed by atoms with Gasteiger partial charge in [-0.25, -0.2) is 0 Å². The molecule has 0 aliphatic carbocycles. The Morgan fingerprint density at radius 3 is 0.611 bits per heavy atom. The van der Waals surface area contributed by atoms with Crippen LogP contribution in [0.3, 0.4) is 0 Å². The maximum Gasteiger partial charge on any atom is 1.00 e. The Morgan fingerprint density at radius 1 is 0.611 bits per heavy atom. The van der Waals surface area contributed by atoms with Crippen LogP contribution in [0.15, 0.2) is 21.4 Å². The molecule has 18 heavy (non-hydrogen) atoms. The molecule has 0 bridgehead atoms. The Bertz CT molecular complexity index is 92.4. The summed E-state index contributed by atoms with van der Waals surface area (Å²) >= 11 is 0. The average Bonchev–Trinajstić information content (AvgIpc) is 2.12. The van der Waals surface area contributed by atoms with Gasteiger partial charge in [0.25, 0.3) is 0 Å². The van der Waals surface area contributed by atoms with E-state index in [-0.39, 0.29) is 128 Å². The zero-order valence-corrected chi connectivity index (χ0v) is 16.7. The molecule has 0 rings (SSSR count). The van der Waals surface area contributed by atoms with Gasteiger partial charge in [-0.15, -0.1) is 21.4 Å². The monoisotopic (exact) mass is 412 g/mol. The van der Waals surface area contributed by atoms with Crippen molar-refractivity contribution in [3.63, 3.8) is 0 Å². The molecule has 0 radical (unpaired) electrons. The van der Waals surface area contributed by atoms with Crippen LogP contribution in [0, 0.1) is 45.4 Å². The van der Waals surface area contributed by atoms with E-state index in [2.05, 4.69) is 0 Å². The molecule has 0 spiro atoms. The van der Waals surface area contributed by atoms with Gasteiger partial charge in [0.15, 0.2) is 0 Å². The molecule has 0 saturated heterocycles. The van der Waals surface area contributed by atoms with Gasteiger partial charge in [-0.05, 0) is 0 Å². The van der Waals surface area contributed by atoms with Crippen LogP contribution in [0.1, 0.15) is 0 Å². The van der Waals surface area contributed by atoms with Crippen molar-refractivity contribution in [3.8, 4) is 0 Å². The molecule has 0 aliphatic heterocycles. The molecule has 0 aromatic heterocycles. The van der Waals surface area contributed by atoms with Crippen molar-refractivity contribution in [2.24, 2.45) is 21.4 Å². The quantitative estimate of drug-likeness (QED) is 0.208. The molecule has 0 saturated carbocycles. The molecular formula is H2K2N5O10Ru-3. The van der Waals surface area contributed by atoms with Crippen molar-refractivity contribution in [3.05, 3.63) is 51.0 Å². The number of hydrogen-bond donors (Lipinski definition) is 0. The van der Waals surface area contributed by atoms with Gasteiger partial charge in [-0.2, -0.15) is 0 Å². The summed E-state index contributed by atoms with van der Waals surface area (Å²) in [7, 11) is 0. The van der Waals surface area contributed by atoms with Crippen molar-refractivity contribution in [2.45, 2.75) is 0 Å². The van der Waals surface area contributed by atoms with Crippen LogP contribution in [0.25, 0.3) is 5.59 Å². The maximum atomic E-state index is 8.00. The minimum atomic E-state index is 0. The molecule has 0 aromatic rings. The zero-order valence-electron chi connectivity index (χ0n) is 8.76. The van der Waals surface area contributed by atoms with Gasteiger partial charge < -0.3 is 56.4 Å². The molecule has 100 valence electrons. The third kappa shape index (κ3) is 3940. The summed E-state index contributed by atoms with van der Waals surface area (Å²) in [6.45, 7) is 0. The Kier molecular flexibility index (Phi) is 701. The Balaban J connectivity index is -0.00000000766. The van der Waals surface area contributed by atoms with Crippen LogP contribution < -0.4 is 103 Å². The van der Waals surface area contributed by atoms with E-state index in [0.29, 0.717) is 0 Å². The molecule has 0 amide bonds. The van der Waals surface area contributed by atoms with E-state index in [1.165, 1.54) is 0 Å². The minimum Gasteiger partial charge on any atom is -0.577 e. The second kappa shape index (κ2) is 205. The van der Waals surface area contributed by atoms with Crippen molar-refractivity contribution in [2.75, 3.05) is 0 Å². The zero-order chi connectivity index (χ0) is 12.8. The topological polar surface area (TPSA) is 281 Å². The molecule has 0 atom stereocenters. The molecule has 0 fully saturated rings. The smallest absolute Gasteiger partial charge is 0.577 e. The van der Waals surface area contributed by atoms with Crippen LogP contribution in [0.4, 0.5) is 0 Å². The molecule has 0 unspecified atom stereocenters. The second-order valence-electron chi connectivity index (χ2n) is 0.298. The van der Waals surface area contributed by atoms with Gasteiger partial charge in [0.05, 0.1) is 0 Å². The maximum absolute atomic E-state index is 8.00. The van der Waals surface area contributed by atoms with E-state index in [9.17, 15) is 0 Å². The standard InChI is InChI=1S/2K.4HNO2.NO.H2O.Ru/c;;4*2-1-3;1-2;;/h;;4*(H,2,3);;1H2;/q2*+1;;;;;-1;;/p-4. The predicted octanol–water partition coefficient (Wildman–Crippen LogP) is -5.49. The number of nitroso groups, excluding NO2 is 1. The molecule has 0 aliphatic rings. The largest absolute Gasteiger partial charge is 1.00 e. The minimum absolute atomic E-state index is 0. The van der Waals surface area contributed by atoms with Crippen molar-refractivity contribution in [1.29, 1.82) is 0 Å². The molecule has 18 heteroatoms. The van der Waals surface area contributed by atoms with Crippen LogP contribution in [-0.4, -0.2) is 5.48 Å². The second-order valence-corrected chi connectivity index (χ2v) is 0.298. The van der Waals surface area contributed by atoms with Gasteiger partial charge in [0, 0.05) is 19.5 Å². The van der Waals surface area contributed by atoms with Crippen molar-refractivity contribution < 1.29 is 128 Å². The van der Waals surface area contributed by atoms with Crippen molar-refractivity contribution in [1.82, 2.24) is 0 Å². The fraction of sp³-hybridized carbons (Fsp3) is 0. The first-order valence-corrected chi connectivity index (χ1v) is 1.64. The Hall–Kier alpha value is 1.06. The van der Waals surface area contributed by atoms with E-state index in [1.54, 1.807) is 0 Å². The molecule has 15 nitrogen and oxygen atoms in total. The Morgan fingerprint density at radius 2 is 0.611 bits per heavy atom. The summed E-state index contributed by atoms with van der Waals surface area (Å²) in [5.41, 5.74) is 5.75. The van der Waals surface area contributed by atoms with E-state index in [1.807, 2.05) is 0 Å². The van der Waals surface area contributed by atoms with E-state index < -0.39 is 0 Å². The van der Waals surface area contributed by atoms with Crippen LogP contribution in [0.2, 0.25) is 0 Å². The van der Waals surface area contributed by atoms with Gasteiger partial charge in [-0.3, -0.25) is 0 Å². The van der Waals surface area contributed by atoms with Gasteiger partial charge in [-0.1, -0.05) is 0 Å². The first-order valence-electron chi connectivity index (χ1n) is 1.64. The third-order valence-corrected chi connectivity index (χ3v) is 0.